The van der Waals surface area contributed by atoms with Gasteiger partial charge in [0.05, 0.1) is 7.11 Å². The van der Waals surface area contributed by atoms with Crippen molar-refractivity contribution < 1.29 is 4.74 Å². The van der Waals surface area contributed by atoms with E-state index >= 15 is 0 Å². The van der Waals surface area contributed by atoms with Crippen LogP contribution in [-0.4, -0.2) is 29.0 Å². The zero-order valence-electron chi connectivity index (χ0n) is 22.6. The van der Waals surface area contributed by atoms with Gasteiger partial charge in [-0.25, -0.2) is 0 Å². The highest BCUT2D eigenvalue weighted by molar-refractivity contribution is 5.33. The summed E-state index contributed by atoms with van der Waals surface area (Å²) in [5, 5.41) is 0. The van der Waals surface area contributed by atoms with E-state index in [1.165, 1.54) is 47.9 Å². The van der Waals surface area contributed by atoms with Crippen molar-refractivity contribution in [2.75, 3.05) is 7.11 Å². The summed E-state index contributed by atoms with van der Waals surface area (Å²) >= 11 is 0. The third kappa shape index (κ3) is 6.92. The minimum Gasteiger partial charge on any atom is -0.496 e. The Labute approximate surface area is 228 Å². The highest BCUT2D eigenvalue weighted by Gasteiger charge is 2.34. The first-order valence-electron chi connectivity index (χ1n) is 14.0. The predicted octanol–water partition coefficient (Wildman–Crippen LogP) is 7.71. The van der Waals surface area contributed by atoms with E-state index in [1.807, 2.05) is 0 Å². The molecule has 1 aliphatic rings. The Morgan fingerprint density at radius 1 is 0.526 bits per heavy atom. The second-order valence-electron chi connectivity index (χ2n) is 10.5. The van der Waals surface area contributed by atoms with Crippen LogP contribution in [0.4, 0.5) is 0 Å². The van der Waals surface area contributed by atoms with Crippen LogP contribution < -0.4 is 4.74 Å². The summed E-state index contributed by atoms with van der Waals surface area (Å²) in [6.07, 6.45) is 5.01. The Bertz CT molecular complexity index is 1190. The van der Waals surface area contributed by atoms with Gasteiger partial charge in [0, 0.05) is 43.8 Å². The highest BCUT2D eigenvalue weighted by Crippen LogP contribution is 2.33. The van der Waals surface area contributed by atoms with E-state index in [4.69, 9.17) is 4.74 Å². The van der Waals surface area contributed by atoms with Crippen LogP contribution >= 0.6 is 0 Å². The molecule has 1 fully saturated rings. The molecule has 2 atom stereocenters. The topological polar surface area (TPSA) is 15.7 Å². The van der Waals surface area contributed by atoms with Crippen molar-refractivity contribution in [2.24, 2.45) is 0 Å². The van der Waals surface area contributed by atoms with Gasteiger partial charge >= 0.3 is 0 Å². The SMILES string of the molecule is COc1ccccc1CN(Cc1ccccc1)[C@@H]1CCCC[C@H]1N(Cc1ccccc1)Cc1ccccc1. The molecule has 0 unspecified atom stereocenters. The fraction of sp³-hybridized carbons (Fsp3) is 0.314. The fourth-order valence-electron chi connectivity index (χ4n) is 6.03. The lowest BCUT2D eigenvalue weighted by Crippen LogP contribution is -2.52. The molecular formula is C35H40N2O. The van der Waals surface area contributed by atoms with Gasteiger partial charge in [0.25, 0.3) is 0 Å². The Balaban J connectivity index is 1.48. The van der Waals surface area contributed by atoms with Gasteiger partial charge in [-0.2, -0.15) is 0 Å². The van der Waals surface area contributed by atoms with Gasteiger partial charge in [-0.15, -0.1) is 0 Å². The Morgan fingerprint density at radius 3 is 1.37 bits per heavy atom. The number of para-hydroxylation sites is 1. The van der Waals surface area contributed by atoms with Crippen LogP contribution in [-0.2, 0) is 26.2 Å². The first kappa shape index (κ1) is 26.2. The molecule has 1 aliphatic carbocycles. The third-order valence-corrected chi connectivity index (χ3v) is 7.88. The molecule has 4 aromatic carbocycles. The van der Waals surface area contributed by atoms with E-state index in [1.54, 1.807) is 7.11 Å². The molecule has 3 heteroatoms. The summed E-state index contributed by atoms with van der Waals surface area (Å²) < 4.78 is 5.78. The van der Waals surface area contributed by atoms with Crippen molar-refractivity contribution in [3.05, 3.63) is 138 Å². The zero-order chi connectivity index (χ0) is 26.0. The van der Waals surface area contributed by atoms with Gasteiger partial charge in [-0.3, -0.25) is 9.80 Å². The number of benzene rings is 4. The second-order valence-corrected chi connectivity index (χ2v) is 10.5. The van der Waals surface area contributed by atoms with Gasteiger partial charge in [-0.05, 0) is 35.6 Å². The Morgan fingerprint density at radius 2 is 0.921 bits per heavy atom. The molecule has 0 saturated heterocycles. The smallest absolute Gasteiger partial charge is 0.123 e. The lowest BCUT2D eigenvalue weighted by Gasteiger charge is -2.45. The number of rotatable bonds is 11. The van der Waals surface area contributed by atoms with Gasteiger partial charge < -0.3 is 4.74 Å². The number of hydrogen-bond donors (Lipinski definition) is 0. The van der Waals surface area contributed by atoms with Crippen molar-refractivity contribution in [2.45, 2.75) is 63.9 Å². The molecular weight excluding hydrogens is 464 g/mol. The van der Waals surface area contributed by atoms with Gasteiger partial charge in [0.1, 0.15) is 5.75 Å². The largest absolute Gasteiger partial charge is 0.496 e. The van der Waals surface area contributed by atoms with Crippen molar-refractivity contribution in [1.82, 2.24) is 9.80 Å². The maximum atomic E-state index is 5.78. The molecule has 4 aromatic rings. The molecule has 0 radical (unpaired) electrons. The summed E-state index contributed by atoms with van der Waals surface area (Å²) in [6.45, 7) is 3.74. The van der Waals surface area contributed by atoms with Crippen LogP contribution in [0.2, 0.25) is 0 Å². The molecule has 0 aliphatic heterocycles. The highest BCUT2D eigenvalue weighted by atomic mass is 16.5. The minimum atomic E-state index is 0.460. The molecule has 196 valence electrons. The summed E-state index contributed by atoms with van der Waals surface area (Å²) in [7, 11) is 1.78. The molecule has 38 heavy (non-hydrogen) atoms. The molecule has 5 rings (SSSR count). The maximum absolute atomic E-state index is 5.78. The van der Waals surface area contributed by atoms with Gasteiger partial charge in [0.15, 0.2) is 0 Å². The van der Waals surface area contributed by atoms with E-state index in [2.05, 4.69) is 125 Å². The first-order chi connectivity index (χ1) is 18.8. The van der Waals surface area contributed by atoms with Crippen molar-refractivity contribution in [1.29, 1.82) is 0 Å². The van der Waals surface area contributed by atoms with Crippen LogP contribution in [0.3, 0.4) is 0 Å². The number of methoxy groups -OCH3 is 1. The number of hydrogen-bond acceptors (Lipinski definition) is 3. The average Bonchev–Trinajstić information content (AvgIpc) is 2.98. The predicted molar refractivity (Wildman–Crippen MR) is 157 cm³/mol. The van der Waals surface area contributed by atoms with Crippen LogP contribution in [0.5, 0.6) is 5.75 Å². The molecule has 0 spiro atoms. The number of ether oxygens (including phenoxy) is 1. The standard InChI is InChI=1S/C35H40N2O/c1-38-35-24-14-11-21-32(35)28-37(27-31-19-9-4-10-20-31)34-23-13-12-22-33(34)36(25-29-15-5-2-6-16-29)26-30-17-7-3-8-18-30/h2-11,14-21,24,33-34H,12-13,22-23,25-28H2,1H3/t33-,34-/m1/s1. The maximum Gasteiger partial charge on any atom is 0.123 e. The lowest BCUT2D eigenvalue weighted by atomic mass is 9.86. The van der Waals surface area contributed by atoms with E-state index in [9.17, 15) is 0 Å². The molecule has 0 heterocycles. The van der Waals surface area contributed by atoms with E-state index in [0.29, 0.717) is 12.1 Å². The van der Waals surface area contributed by atoms with Crippen molar-refractivity contribution in [3.63, 3.8) is 0 Å². The first-order valence-corrected chi connectivity index (χ1v) is 14.0. The Kier molecular flexibility index (Phi) is 9.25. The van der Waals surface area contributed by atoms with Crippen LogP contribution in [0.25, 0.3) is 0 Å². The number of nitrogens with zero attached hydrogens (tertiary/aromatic N) is 2. The summed E-state index contributed by atoms with van der Waals surface area (Å²) in [6, 6.07) is 42.4. The van der Waals surface area contributed by atoms with Crippen molar-refractivity contribution in [3.8, 4) is 5.75 Å². The molecule has 1 saturated carbocycles. The third-order valence-electron chi connectivity index (χ3n) is 7.88. The minimum absolute atomic E-state index is 0.460. The molecule has 0 aromatic heterocycles. The second kappa shape index (κ2) is 13.4. The average molecular weight is 505 g/mol. The summed E-state index contributed by atoms with van der Waals surface area (Å²) in [4.78, 5) is 5.47. The molecule has 0 bridgehead atoms. The van der Waals surface area contributed by atoms with E-state index in [-0.39, 0.29) is 0 Å². The Hall–Kier alpha value is -3.40. The van der Waals surface area contributed by atoms with Crippen LogP contribution in [0, 0.1) is 0 Å². The van der Waals surface area contributed by atoms with Crippen LogP contribution in [0.1, 0.15) is 47.9 Å². The monoisotopic (exact) mass is 504 g/mol. The normalized spacial score (nSPS) is 17.6. The zero-order valence-corrected chi connectivity index (χ0v) is 22.6. The van der Waals surface area contributed by atoms with Gasteiger partial charge in [0.2, 0.25) is 0 Å². The molecule has 3 nitrogen and oxygen atoms in total. The fourth-order valence-corrected chi connectivity index (χ4v) is 6.03. The molecule has 0 amide bonds. The molecule has 0 N–H and O–H groups in total. The van der Waals surface area contributed by atoms with Crippen molar-refractivity contribution >= 4 is 0 Å². The summed E-state index contributed by atoms with van der Waals surface area (Å²) in [5.74, 6) is 0.975. The van der Waals surface area contributed by atoms with Crippen LogP contribution in [0.15, 0.2) is 115 Å². The summed E-state index contributed by atoms with van der Waals surface area (Å²) in [5.41, 5.74) is 5.39. The van der Waals surface area contributed by atoms with E-state index < -0.39 is 0 Å². The quantitative estimate of drug-likeness (QED) is 0.208. The lowest BCUT2D eigenvalue weighted by molar-refractivity contribution is 0.0293. The van der Waals surface area contributed by atoms with E-state index in [0.717, 1.165) is 31.9 Å². The van der Waals surface area contributed by atoms with Gasteiger partial charge in [-0.1, -0.05) is 122 Å².